The predicted octanol–water partition coefficient (Wildman–Crippen LogP) is 3.39. The number of hydrogen-bond donors (Lipinski definition) is 0. The van der Waals surface area contributed by atoms with Gasteiger partial charge in [0.15, 0.2) is 0 Å². The molecule has 122 valence electrons. The summed E-state index contributed by atoms with van der Waals surface area (Å²) in [6, 6.07) is 3.74. The van der Waals surface area contributed by atoms with Crippen molar-refractivity contribution >= 4 is 16.9 Å². The van der Waals surface area contributed by atoms with Crippen molar-refractivity contribution in [2.75, 3.05) is 7.11 Å². The van der Waals surface area contributed by atoms with Crippen molar-refractivity contribution in [2.45, 2.75) is 51.5 Å². The monoisotopic (exact) mass is 314 g/mol. The lowest BCUT2D eigenvalue weighted by atomic mass is 10.1. The van der Waals surface area contributed by atoms with Crippen molar-refractivity contribution in [3.8, 4) is 0 Å². The van der Waals surface area contributed by atoms with E-state index in [1.807, 2.05) is 16.8 Å². The molecule has 0 aromatic carbocycles. The van der Waals surface area contributed by atoms with Crippen molar-refractivity contribution in [3.63, 3.8) is 0 Å². The van der Waals surface area contributed by atoms with E-state index in [1.54, 1.807) is 13.0 Å². The molecule has 2 aromatic heterocycles. The molecule has 23 heavy (non-hydrogen) atoms. The first kappa shape index (κ1) is 15.7. The molecule has 1 fully saturated rings. The van der Waals surface area contributed by atoms with E-state index in [4.69, 9.17) is 4.74 Å². The van der Waals surface area contributed by atoms with Gasteiger partial charge >= 0.3 is 5.97 Å². The Labute approximate surface area is 135 Å². The number of carbonyl (C=O) groups excluding carboxylic acids is 1. The van der Waals surface area contributed by atoms with Gasteiger partial charge in [-0.1, -0.05) is 25.7 Å². The van der Waals surface area contributed by atoms with Crippen LogP contribution >= 0.6 is 0 Å². The van der Waals surface area contributed by atoms with Crippen molar-refractivity contribution in [1.29, 1.82) is 0 Å². The molecule has 0 amide bonds. The number of nitrogens with zero attached hydrogens (tertiary/aromatic N) is 2. The van der Waals surface area contributed by atoms with Crippen molar-refractivity contribution < 1.29 is 9.53 Å². The molecule has 5 heteroatoms. The number of esters is 1. The number of pyridine rings is 2. The fourth-order valence-corrected chi connectivity index (χ4v) is 3.42. The molecule has 0 saturated heterocycles. The van der Waals surface area contributed by atoms with Crippen LogP contribution in [0.4, 0.5) is 0 Å². The largest absolute Gasteiger partial charge is 0.465 e. The highest BCUT2D eigenvalue weighted by molar-refractivity contribution is 5.94. The van der Waals surface area contributed by atoms with E-state index in [1.165, 1.54) is 20.0 Å². The van der Waals surface area contributed by atoms with Gasteiger partial charge in [0.25, 0.3) is 5.56 Å². The van der Waals surface area contributed by atoms with Crippen LogP contribution in [0, 0.1) is 6.92 Å². The van der Waals surface area contributed by atoms with Crippen LogP contribution in [0.25, 0.3) is 10.9 Å². The Morgan fingerprint density at radius 2 is 1.96 bits per heavy atom. The summed E-state index contributed by atoms with van der Waals surface area (Å²) in [5.41, 5.74) is 1.50. The summed E-state index contributed by atoms with van der Waals surface area (Å²) in [7, 11) is 1.33. The van der Waals surface area contributed by atoms with E-state index in [0.29, 0.717) is 22.2 Å². The summed E-state index contributed by atoms with van der Waals surface area (Å²) in [5.74, 6) is -0.457. The van der Waals surface area contributed by atoms with Crippen molar-refractivity contribution in [2.24, 2.45) is 0 Å². The highest BCUT2D eigenvalue weighted by Gasteiger charge is 2.18. The Hall–Kier alpha value is -2.17. The molecule has 0 aliphatic heterocycles. The topological polar surface area (TPSA) is 61.2 Å². The maximum Gasteiger partial charge on any atom is 0.339 e. The smallest absolute Gasteiger partial charge is 0.339 e. The Balaban J connectivity index is 2.11. The second-order valence-electron chi connectivity index (χ2n) is 6.22. The number of carbonyl (C=O) groups is 1. The quantitative estimate of drug-likeness (QED) is 0.630. The lowest BCUT2D eigenvalue weighted by Crippen LogP contribution is -2.25. The molecular formula is C18H22N2O3. The zero-order valence-electron chi connectivity index (χ0n) is 13.7. The molecule has 1 saturated carbocycles. The summed E-state index contributed by atoms with van der Waals surface area (Å²) in [6.45, 7) is 1.75. The summed E-state index contributed by atoms with van der Waals surface area (Å²) in [4.78, 5) is 29.1. The number of fused-ring (bicyclic) bond motifs is 1. The first-order chi connectivity index (χ1) is 11.1. The zero-order valence-corrected chi connectivity index (χ0v) is 13.7. The molecule has 0 bridgehead atoms. The van der Waals surface area contributed by atoms with Crippen LogP contribution in [-0.2, 0) is 4.74 Å². The van der Waals surface area contributed by atoms with Crippen LogP contribution in [-0.4, -0.2) is 22.6 Å². The molecule has 1 aliphatic carbocycles. The first-order valence-electron chi connectivity index (χ1n) is 8.22. The number of hydrogen-bond acceptors (Lipinski definition) is 4. The molecule has 0 N–H and O–H groups in total. The van der Waals surface area contributed by atoms with E-state index in [9.17, 15) is 9.59 Å². The van der Waals surface area contributed by atoms with Crippen LogP contribution in [0.2, 0.25) is 0 Å². The van der Waals surface area contributed by atoms with Crippen LogP contribution in [0.5, 0.6) is 0 Å². The summed E-state index contributed by atoms with van der Waals surface area (Å²) in [6.07, 6.45) is 8.73. The minimum atomic E-state index is -0.457. The Bertz CT molecular complexity index is 787. The van der Waals surface area contributed by atoms with E-state index in [2.05, 4.69) is 4.98 Å². The number of aromatic nitrogens is 2. The second kappa shape index (κ2) is 6.52. The van der Waals surface area contributed by atoms with E-state index in [0.717, 1.165) is 25.7 Å². The number of methoxy groups -OCH3 is 1. The third-order valence-electron chi connectivity index (χ3n) is 4.72. The lowest BCUT2D eigenvalue weighted by molar-refractivity contribution is 0.0599. The van der Waals surface area contributed by atoms with Gasteiger partial charge in [-0.15, -0.1) is 0 Å². The van der Waals surface area contributed by atoms with E-state index < -0.39 is 5.97 Å². The van der Waals surface area contributed by atoms with Gasteiger partial charge in [0.2, 0.25) is 0 Å². The van der Waals surface area contributed by atoms with Gasteiger partial charge < -0.3 is 9.30 Å². The van der Waals surface area contributed by atoms with Crippen LogP contribution in [0.15, 0.2) is 23.1 Å². The molecule has 2 heterocycles. The number of aryl methyl sites for hydroxylation is 1. The average molecular weight is 314 g/mol. The number of ether oxygens (including phenoxy) is 1. The van der Waals surface area contributed by atoms with Crippen LogP contribution in [0.1, 0.15) is 60.6 Å². The van der Waals surface area contributed by atoms with Gasteiger partial charge in [-0.25, -0.2) is 4.79 Å². The Kier molecular flexibility index (Phi) is 4.46. The first-order valence-corrected chi connectivity index (χ1v) is 8.22. The standard InChI is InChI=1S/C18H22N2O3/c1-12-14(18(22)23-2)11-15-16(19-12)9-10-20(17(15)21)13-7-5-3-4-6-8-13/h9-11,13H,3-8H2,1-2H3. The van der Waals surface area contributed by atoms with E-state index in [-0.39, 0.29) is 11.6 Å². The molecule has 2 aromatic rings. The van der Waals surface area contributed by atoms with Crippen LogP contribution < -0.4 is 5.56 Å². The zero-order chi connectivity index (χ0) is 16.4. The third kappa shape index (κ3) is 3.00. The highest BCUT2D eigenvalue weighted by atomic mass is 16.5. The molecular weight excluding hydrogens is 292 g/mol. The molecule has 3 rings (SSSR count). The van der Waals surface area contributed by atoms with Gasteiger partial charge in [0, 0.05) is 12.2 Å². The fourth-order valence-electron chi connectivity index (χ4n) is 3.42. The SMILES string of the molecule is COC(=O)c1cc2c(=O)n(C3CCCCCC3)ccc2nc1C. The maximum atomic E-state index is 12.9. The fraction of sp³-hybridized carbons (Fsp3) is 0.500. The van der Waals surface area contributed by atoms with Crippen molar-refractivity contribution in [1.82, 2.24) is 9.55 Å². The van der Waals surface area contributed by atoms with Gasteiger partial charge in [0.05, 0.1) is 29.3 Å². The molecule has 0 atom stereocenters. The maximum absolute atomic E-state index is 12.9. The van der Waals surface area contributed by atoms with Crippen molar-refractivity contribution in [3.05, 3.63) is 39.9 Å². The summed E-state index contributed by atoms with van der Waals surface area (Å²) < 4.78 is 6.61. The Morgan fingerprint density at radius 3 is 2.61 bits per heavy atom. The molecule has 0 radical (unpaired) electrons. The Morgan fingerprint density at radius 1 is 1.26 bits per heavy atom. The van der Waals surface area contributed by atoms with E-state index >= 15 is 0 Å². The molecule has 0 unspecified atom stereocenters. The second-order valence-corrected chi connectivity index (χ2v) is 6.22. The lowest BCUT2D eigenvalue weighted by Gasteiger charge is -2.18. The summed E-state index contributed by atoms with van der Waals surface area (Å²) in [5, 5.41) is 0.489. The minimum absolute atomic E-state index is 0.0629. The average Bonchev–Trinajstić information content (AvgIpc) is 2.83. The third-order valence-corrected chi connectivity index (χ3v) is 4.72. The molecule has 1 aliphatic rings. The highest BCUT2D eigenvalue weighted by Crippen LogP contribution is 2.26. The van der Waals surface area contributed by atoms with Gasteiger partial charge in [0.1, 0.15) is 0 Å². The predicted molar refractivity (Wildman–Crippen MR) is 88.8 cm³/mol. The van der Waals surface area contributed by atoms with Gasteiger partial charge in [-0.3, -0.25) is 9.78 Å². The molecule has 0 spiro atoms. The minimum Gasteiger partial charge on any atom is -0.465 e. The van der Waals surface area contributed by atoms with Gasteiger partial charge in [-0.2, -0.15) is 0 Å². The van der Waals surface area contributed by atoms with Gasteiger partial charge in [-0.05, 0) is 31.9 Å². The normalized spacial score (nSPS) is 16.3. The molecule has 5 nitrogen and oxygen atoms in total. The van der Waals surface area contributed by atoms with Crippen LogP contribution in [0.3, 0.4) is 0 Å². The summed E-state index contributed by atoms with van der Waals surface area (Å²) >= 11 is 0. The number of rotatable bonds is 2.